The molecule has 0 fully saturated rings. The molecule has 0 spiro atoms. The average Bonchev–Trinajstić information content (AvgIpc) is 3.03. The van der Waals surface area contributed by atoms with Crippen molar-refractivity contribution in [1.29, 1.82) is 5.26 Å². The number of benzene rings is 1. The van der Waals surface area contributed by atoms with E-state index in [-0.39, 0.29) is 17.9 Å². The van der Waals surface area contributed by atoms with E-state index >= 15 is 0 Å². The van der Waals surface area contributed by atoms with Crippen LogP contribution in [0.3, 0.4) is 0 Å². The molecule has 0 saturated carbocycles. The number of hydrogen-bond donors (Lipinski definition) is 2. The van der Waals surface area contributed by atoms with Crippen LogP contribution >= 0.6 is 0 Å². The highest BCUT2D eigenvalue weighted by molar-refractivity contribution is 5.57. The van der Waals surface area contributed by atoms with Crippen LogP contribution in [-0.2, 0) is 6.42 Å². The van der Waals surface area contributed by atoms with Crippen LogP contribution in [0, 0.1) is 11.3 Å². The molecule has 1 atom stereocenters. The van der Waals surface area contributed by atoms with Crippen LogP contribution in [0.5, 0.6) is 17.4 Å². The maximum absolute atomic E-state index is 9.72. The number of rotatable bonds is 6. The zero-order chi connectivity index (χ0) is 19.6. The molecule has 0 saturated heterocycles. The fraction of sp³-hybridized carbons (Fsp3) is 0.400. The molecule has 3 rings (SSSR count). The maximum Gasteiger partial charge on any atom is 0.244 e. The molecule has 1 aliphatic rings. The fourth-order valence-electron chi connectivity index (χ4n) is 3.30. The summed E-state index contributed by atoms with van der Waals surface area (Å²) in [6.07, 6.45) is 1.76. The minimum absolute atomic E-state index is 0.0228. The Hall–Kier alpha value is -3.14. The molecule has 1 aliphatic heterocycles. The summed E-state index contributed by atoms with van der Waals surface area (Å²) in [5.41, 5.74) is 9.03. The number of aryl methyl sites for hydroxylation is 1. The fourth-order valence-corrected chi connectivity index (χ4v) is 3.30. The lowest BCUT2D eigenvalue weighted by atomic mass is 9.83. The lowest BCUT2D eigenvalue weighted by Gasteiger charge is -2.25. The van der Waals surface area contributed by atoms with Crippen LogP contribution in [-0.4, -0.2) is 23.4 Å². The number of hydrogen-bond acceptors (Lipinski definition) is 6. The summed E-state index contributed by atoms with van der Waals surface area (Å²) in [5, 5.41) is 17.0. The van der Waals surface area contributed by atoms with Gasteiger partial charge in [-0.15, -0.1) is 5.10 Å². The monoisotopic (exact) mass is 368 g/mol. The van der Waals surface area contributed by atoms with Crippen molar-refractivity contribution in [3.8, 4) is 23.4 Å². The van der Waals surface area contributed by atoms with Gasteiger partial charge in [-0.05, 0) is 38.0 Å². The third kappa shape index (κ3) is 3.43. The Morgan fingerprint density at radius 2 is 2.15 bits per heavy atom. The summed E-state index contributed by atoms with van der Waals surface area (Å²) in [6, 6.07) is 7.86. The van der Waals surface area contributed by atoms with Gasteiger partial charge in [0.05, 0.1) is 19.1 Å². The van der Waals surface area contributed by atoms with Crippen LogP contribution in [0.2, 0.25) is 0 Å². The van der Waals surface area contributed by atoms with Crippen molar-refractivity contribution in [2.24, 2.45) is 5.73 Å². The molecule has 0 radical (unpaired) electrons. The van der Waals surface area contributed by atoms with Crippen molar-refractivity contribution in [1.82, 2.24) is 10.2 Å². The van der Waals surface area contributed by atoms with Gasteiger partial charge in [0.15, 0.2) is 11.5 Å². The minimum atomic E-state index is -0.374. The van der Waals surface area contributed by atoms with Gasteiger partial charge in [-0.2, -0.15) is 5.26 Å². The molecule has 3 N–H and O–H groups in total. The van der Waals surface area contributed by atoms with E-state index in [1.165, 1.54) is 0 Å². The number of fused-ring (bicyclic) bond motifs is 1. The van der Waals surface area contributed by atoms with Crippen LogP contribution < -0.4 is 19.9 Å². The molecule has 0 unspecified atom stereocenters. The number of allylic oxidation sites excluding steroid dienone is 1. The number of nitrogens with one attached hydrogen (secondary N) is 1. The quantitative estimate of drug-likeness (QED) is 0.809. The molecular weight excluding hydrogens is 344 g/mol. The van der Waals surface area contributed by atoms with Gasteiger partial charge in [0, 0.05) is 11.3 Å². The SMILES string of the molecule is CCCc1[nH]nc2c1[C@H](c1ccc(OC(C)C)c(OC)c1)C(C#N)=C(N)O2. The summed E-state index contributed by atoms with van der Waals surface area (Å²) in [4.78, 5) is 0. The van der Waals surface area contributed by atoms with Crippen molar-refractivity contribution in [3.05, 3.63) is 46.5 Å². The molecule has 7 nitrogen and oxygen atoms in total. The second kappa shape index (κ2) is 7.62. The van der Waals surface area contributed by atoms with Crippen LogP contribution in [0.25, 0.3) is 0 Å². The van der Waals surface area contributed by atoms with Gasteiger partial charge in [-0.25, -0.2) is 0 Å². The normalized spacial score (nSPS) is 15.9. The highest BCUT2D eigenvalue weighted by atomic mass is 16.5. The summed E-state index contributed by atoms with van der Waals surface area (Å²) in [7, 11) is 1.59. The van der Waals surface area contributed by atoms with Gasteiger partial charge < -0.3 is 19.9 Å². The van der Waals surface area contributed by atoms with Crippen LogP contribution in [0.15, 0.2) is 29.7 Å². The molecule has 2 aromatic rings. The van der Waals surface area contributed by atoms with E-state index in [0.717, 1.165) is 29.7 Å². The third-order valence-corrected chi connectivity index (χ3v) is 4.40. The Balaban J connectivity index is 2.14. The van der Waals surface area contributed by atoms with E-state index in [4.69, 9.17) is 19.9 Å². The summed E-state index contributed by atoms with van der Waals surface area (Å²) in [5.74, 6) is 1.37. The summed E-state index contributed by atoms with van der Waals surface area (Å²) < 4.78 is 16.9. The summed E-state index contributed by atoms with van der Waals surface area (Å²) >= 11 is 0. The minimum Gasteiger partial charge on any atom is -0.493 e. The topological polar surface area (TPSA) is 106 Å². The Morgan fingerprint density at radius 3 is 2.78 bits per heavy atom. The van der Waals surface area contributed by atoms with Gasteiger partial charge in [-0.1, -0.05) is 19.4 Å². The molecule has 27 heavy (non-hydrogen) atoms. The number of H-pyrrole nitrogens is 1. The van der Waals surface area contributed by atoms with Crippen LogP contribution in [0.4, 0.5) is 0 Å². The Bertz CT molecular complexity index is 908. The van der Waals surface area contributed by atoms with Crippen molar-refractivity contribution < 1.29 is 14.2 Å². The average molecular weight is 368 g/mol. The van der Waals surface area contributed by atoms with Crippen LogP contribution in [0.1, 0.15) is 49.9 Å². The Labute approximate surface area is 158 Å². The first kappa shape index (κ1) is 18.6. The highest BCUT2D eigenvalue weighted by Crippen LogP contribution is 2.44. The molecule has 7 heteroatoms. The number of nitriles is 1. The van der Waals surface area contributed by atoms with E-state index in [1.54, 1.807) is 7.11 Å². The standard InChI is InChI=1S/C20H24N4O3/c1-5-6-14-18-17(13(10-21)19(22)27-20(18)24-23-14)12-7-8-15(26-11(2)3)16(9-12)25-4/h7-9,11,17H,5-6,22H2,1-4H3,(H,23,24)/t17-/m1/s1. The second-order valence-electron chi connectivity index (χ2n) is 6.67. The predicted molar refractivity (Wildman–Crippen MR) is 101 cm³/mol. The molecule has 1 aromatic carbocycles. The smallest absolute Gasteiger partial charge is 0.244 e. The number of ether oxygens (including phenoxy) is 3. The predicted octanol–water partition coefficient (Wildman–Crippen LogP) is 3.38. The highest BCUT2D eigenvalue weighted by Gasteiger charge is 2.35. The molecule has 0 aliphatic carbocycles. The first-order valence-corrected chi connectivity index (χ1v) is 8.99. The van der Waals surface area contributed by atoms with E-state index in [1.807, 2.05) is 32.0 Å². The van der Waals surface area contributed by atoms with Gasteiger partial charge in [-0.3, -0.25) is 5.10 Å². The first-order chi connectivity index (χ1) is 13.0. The second-order valence-corrected chi connectivity index (χ2v) is 6.67. The number of methoxy groups -OCH3 is 1. The van der Waals surface area contributed by atoms with Gasteiger partial charge in [0.25, 0.3) is 0 Å². The lowest BCUT2D eigenvalue weighted by molar-refractivity contribution is 0.230. The van der Waals surface area contributed by atoms with Gasteiger partial charge in [0.2, 0.25) is 11.8 Å². The molecule has 0 bridgehead atoms. The molecule has 0 amide bonds. The van der Waals surface area contributed by atoms with Crippen molar-refractivity contribution in [3.63, 3.8) is 0 Å². The number of nitrogens with two attached hydrogens (primary N) is 1. The molecular formula is C20H24N4O3. The molecule has 1 aromatic heterocycles. The Morgan fingerprint density at radius 1 is 1.37 bits per heavy atom. The molecule has 142 valence electrons. The van der Waals surface area contributed by atoms with E-state index in [2.05, 4.69) is 23.2 Å². The van der Waals surface area contributed by atoms with Crippen molar-refractivity contribution in [2.45, 2.75) is 45.6 Å². The zero-order valence-corrected chi connectivity index (χ0v) is 16.0. The number of aromatic amines is 1. The van der Waals surface area contributed by atoms with Gasteiger partial charge in [0.1, 0.15) is 11.6 Å². The largest absolute Gasteiger partial charge is 0.493 e. The lowest BCUT2D eigenvalue weighted by Crippen LogP contribution is -2.21. The number of aromatic nitrogens is 2. The number of nitrogens with zero attached hydrogens (tertiary/aromatic N) is 2. The van der Waals surface area contributed by atoms with E-state index in [0.29, 0.717) is 23.0 Å². The van der Waals surface area contributed by atoms with Crippen molar-refractivity contribution >= 4 is 0 Å². The Kier molecular flexibility index (Phi) is 5.26. The third-order valence-electron chi connectivity index (χ3n) is 4.40. The van der Waals surface area contributed by atoms with E-state index < -0.39 is 0 Å². The van der Waals surface area contributed by atoms with Gasteiger partial charge >= 0.3 is 0 Å². The summed E-state index contributed by atoms with van der Waals surface area (Å²) in [6.45, 7) is 6.00. The van der Waals surface area contributed by atoms with Crippen molar-refractivity contribution in [2.75, 3.05) is 7.11 Å². The first-order valence-electron chi connectivity index (χ1n) is 8.99. The van der Waals surface area contributed by atoms with E-state index in [9.17, 15) is 5.26 Å². The maximum atomic E-state index is 9.72. The molecule has 2 heterocycles. The zero-order valence-electron chi connectivity index (χ0n) is 16.0.